The molecular formula is C12H17F3N2O3. The number of nitrogens with one attached hydrogen (secondary N) is 2. The van der Waals surface area contributed by atoms with Crippen molar-refractivity contribution in [3.8, 4) is 0 Å². The van der Waals surface area contributed by atoms with Gasteiger partial charge in [0.15, 0.2) is 0 Å². The summed E-state index contributed by atoms with van der Waals surface area (Å²) in [4.78, 5) is 22.4. The zero-order valence-electron chi connectivity index (χ0n) is 10.8. The summed E-state index contributed by atoms with van der Waals surface area (Å²) in [5.74, 6) is -1.28. The molecular weight excluding hydrogens is 277 g/mol. The maximum Gasteiger partial charge on any atom is 0.411 e. The third-order valence-corrected chi connectivity index (χ3v) is 4.06. The Morgan fingerprint density at radius 3 is 2.05 bits per heavy atom. The highest BCUT2D eigenvalue weighted by atomic mass is 19.4. The van der Waals surface area contributed by atoms with Gasteiger partial charge in [-0.2, -0.15) is 13.2 Å². The maximum absolute atomic E-state index is 12.7. The molecule has 0 saturated heterocycles. The van der Waals surface area contributed by atoms with Crippen molar-refractivity contribution in [3.05, 3.63) is 0 Å². The minimum atomic E-state index is -4.43. The van der Waals surface area contributed by atoms with Gasteiger partial charge in [0.05, 0.1) is 5.92 Å². The van der Waals surface area contributed by atoms with E-state index in [9.17, 15) is 22.8 Å². The Morgan fingerprint density at radius 2 is 1.65 bits per heavy atom. The third-order valence-electron chi connectivity index (χ3n) is 4.06. The van der Waals surface area contributed by atoms with Gasteiger partial charge in [0.25, 0.3) is 0 Å². The Labute approximate surface area is 113 Å². The molecule has 2 saturated carbocycles. The number of carbonyl (C=O) groups is 2. The molecule has 8 heteroatoms. The van der Waals surface area contributed by atoms with Crippen LogP contribution in [0.5, 0.6) is 0 Å². The number of urea groups is 1. The van der Waals surface area contributed by atoms with Gasteiger partial charge >= 0.3 is 18.2 Å². The standard InChI is InChI=1S/C12H17F3N2O3/c13-12(14,15)11(5-6-11)17-10(20)16-8-3-1-7(2-4-8)9(18)19/h7-8H,1-6H2,(H,18,19)(H2,16,17,20). The van der Waals surface area contributed by atoms with Crippen molar-refractivity contribution >= 4 is 12.0 Å². The van der Waals surface area contributed by atoms with E-state index in [4.69, 9.17) is 5.11 Å². The molecule has 20 heavy (non-hydrogen) atoms. The fourth-order valence-electron chi connectivity index (χ4n) is 2.53. The average Bonchev–Trinajstić information content (AvgIpc) is 3.09. The number of hydrogen-bond acceptors (Lipinski definition) is 2. The van der Waals surface area contributed by atoms with Gasteiger partial charge in [0, 0.05) is 6.04 Å². The lowest BCUT2D eigenvalue weighted by atomic mass is 9.86. The second-order valence-electron chi connectivity index (χ2n) is 5.57. The number of halogens is 3. The van der Waals surface area contributed by atoms with Gasteiger partial charge in [0.2, 0.25) is 0 Å². The van der Waals surface area contributed by atoms with E-state index in [0.29, 0.717) is 25.7 Å². The van der Waals surface area contributed by atoms with Gasteiger partial charge in [-0.1, -0.05) is 0 Å². The molecule has 2 amide bonds. The lowest BCUT2D eigenvalue weighted by Gasteiger charge is -2.28. The van der Waals surface area contributed by atoms with Crippen molar-refractivity contribution in [2.75, 3.05) is 0 Å². The molecule has 0 spiro atoms. The van der Waals surface area contributed by atoms with E-state index in [-0.39, 0.29) is 18.9 Å². The van der Waals surface area contributed by atoms with Crippen molar-refractivity contribution in [1.82, 2.24) is 10.6 Å². The number of carboxylic acid groups (broad SMARTS) is 1. The molecule has 0 aromatic carbocycles. The lowest BCUT2D eigenvalue weighted by molar-refractivity contribution is -0.162. The number of aliphatic carboxylic acids is 1. The van der Waals surface area contributed by atoms with Crippen molar-refractivity contribution in [2.45, 2.75) is 56.3 Å². The highest BCUT2D eigenvalue weighted by Gasteiger charge is 2.64. The maximum atomic E-state index is 12.7. The monoisotopic (exact) mass is 294 g/mol. The molecule has 2 aliphatic carbocycles. The minimum absolute atomic E-state index is 0.0876. The van der Waals surface area contributed by atoms with Gasteiger partial charge in [-0.05, 0) is 38.5 Å². The number of rotatable bonds is 3. The molecule has 0 atom stereocenters. The van der Waals surface area contributed by atoms with E-state index in [1.807, 2.05) is 5.32 Å². The minimum Gasteiger partial charge on any atom is -0.481 e. The molecule has 0 aliphatic heterocycles. The van der Waals surface area contributed by atoms with Crippen LogP contribution in [0.1, 0.15) is 38.5 Å². The van der Waals surface area contributed by atoms with Crippen LogP contribution in [0.25, 0.3) is 0 Å². The van der Waals surface area contributed by atoms with Crippen LogP contribution in [0.2, 0.25) is 0 Å². The van der Waals surface area contributed by atoms with Crippen molar-refractivity contribution in [2.24, 2.45) is 5.92 Å². The first kappa shape index (κ1) is 14.9. The molecule has 2 rings (SSSR count). The number of hydrogen-bond donors (Lipinski definition) is 3. The number of amides is 2. The molecule has 0 aromatic heterocycles. The van der Waals surface area contributed by atoms with Gasteiger partial charge in [0.1, 0.15) is 5.54 Å². The molecule has 2 aliphatic rings. The summed E-state index contributed by atoms with van der Waals surface area (Å²) in [7, 11) is 0. The largest absolute Gasteiger partial charge is 0.481 e. The molecule has 0 aromatic rings. The zero-order valence-corrected chi connectivity index (χ0v) is 10.8. The second kappa shape index (κ2) is 5.14. The Kier molecular flexibility index (Phi) is 3.84. The highest BCUT2D eigenvalue weighted by molar-refractivity contribution is 5.76. The predicted octanol–water partition coefficient (Wildman–Crippen LogP) is 2.02. The Hall–Kier alpha value is -1.47. The van der Waals surface area contributed by atoms with Gasteiger partial charge in [-0.3, -0.25) is 4.79 Å². The fraction of sp³-hybridized carbons (Fsp3) is 0.833. The summed E-state index contributed by atoms with van der Waals surface area (Å²) < 4.78 is 38.0. The van der Waals surface area contributed by atoms with Crippen LogP contribution < -0.4 is 10.6 Å². The first-order chi connectivity index (χ1) is 9.23. The van der Waals surface area contributed by atoms with Crippen LogP contribution in [-0.4, -0.2) is 34.9 Å². The Bertz CT molecular complexity index is 399. The summed E-state index contributed by atoms with van der Waals surface area (Å²) >= 11 is 0. The van der Waals surface area contributed by atoms with Crippen molar-refractivity contribution < 1.29 is 27.9 Å². The number of carbonyl (C=O) groups excluding carboxylic acids is 1. The van der Waals surface area contributed by atoms with Crippen LogP contribution in [-0.2, 0) is 4.79 Å². The number of alkyl halides is 3. The SMILES string of the molecule is O=C(NC1CCC(C(=O)O)CC1)NC1(C(F)(F)F)CC1. The summed E-state index contributed by atoms with van der Waals surface area (Å²) in [6.07, 6.45) is -2.78. The quantitative estimate of drug-likeness (QED) is 0.745. The van der Waals surface area contributed by atoms with E-state index < -0.39 is 29.6 Å². The molecule has 0 radical (unpaired) electrons. The van der Waals surface area contributed by atoms with Gasteiger partial charge in [-0.25, -0.2) is 4.79 Å². The van der Waals surface area contributed by atoms with Crippen molar-refractivity contribution in [3.63, 3.8) is 0 Å². The van der Waals surface area contributed by atoms with Crippen LogP contribution in [0.15, 0.2) is 0 Å². The fourth-order valence-corrected chi connectivity index (χ4v) is 2.53. The molecule has 114 valence electrons. The summed E-state index contributed by atoms with van der Waals surface area (Å²) in [5, 5.41) is 13.3. The summed E-state index contributed by atoms with van der Waals surface area (Å²) in [5.41, 5.74) is -2.06. The second-order valence-corrected chi connectivity index (χ2v) is 5.57. The van der Waals surface area contributed by atoms with Crippen molar-refractivity contribution in [1.29, 1.82) is 0 Å². The average molecular weight is 294 g/mol. The van der Waals surface area contributed by atoms with Gasteiger partial charge in [-0.15, -0.1) is 0 Å². The normalized spacial score (nSPS) is 28.6. The number of carboxylic acids is 1. The van der Waals surface area contributed by atoms with Crippen LogP contribution >= 0.6 is 0 Å². The molecule has 0 unspecified atom stereocenters. The van der Waals surface area contributed by atoms with E-state index >= 15 is 0 Å². The van der Waals surface area contributed by atoms with Crippen LogP contribution in [0, 0.1) is 5.92 Å². The first-order valence-electron chi connectivity index (χ1n) is 6.62. The van der Waals surface area contributed by atoms with E-state index in [1.165, 1.54) is 0 Å². The van der Waals surface area contributed by atoms with Gasteiger partial charge < -0.3 is 15.7 Å². The summed E-state index contributed by atoms with van der Waals surface area (Å²) in [6, 6.07) is -1.08. The molecule has 3 N–H and O–H groups in total. The Balaban J connectivity index is 1.78. The van der Waals surface area contributed by atoms with E-state index in [1.54, 1.807) is 0 Å². The highest BCUT2D eigenvalue weighted by Crippen LogP contribution is 2.48. The lowest BCUT2D eigenvalue weighted by Crippen LogP contribution is -2.53. The molecule has 2 fully saturated rings. The summed E-state index contributed by atoms with van der Waals surface area (Å²) in [6.45, 7) is 0. The smallest absolute Gasteiger partial charge is 0.411 e. The molecule has 0 heterocycles. The predicted molar refractivity (Wildman–Crippen MR) is 63.1 cm³/mol. The molecule has 5 nitrogen and oxygen atoms in total. The first-order valence-corrected chi connectivity index (χ1v) is 6.62. The van der Waals surface area contributed by atoms with Crippen LogP contribution in [0.3, 0.4) is 0 Å². The van der Waals surface area contributed by atoms with Crippen LogP contribution in [0.4, 0.5) is 18.0 Å². The van der Waals surface area contributed by atoms with E-state index in [2.05, 4.69) is 5.32 Å². The zero-order chi connectivity index (χ0) is 15.0. The topological polar surface area (TPSA) is 78.4 Å². The Morgan fingerprint density at radius 1 is 1.10 bits per heavy atom. The molecule has 0 bridgehead atoms. The van der Waals surface area contributed by atoms with E-state index in [0.717, 1.165) is 0 Å². The third kappa shape index (κ3) is 3.16.